The van der Waals surface area contributed by atoms with Crippen molar-refractivity contribution >= 4 is 35.8 Å². The van der Waals surface area contributed by atoms with Crippen LogP contribution in [0.5, 0.6) is 0 Å². The van der Waals surface area contributed by atoms with E-state index in [0.717, 1.165) is 26.3 Å². The van der Waals surface area contributed by atoms with E-state index in [1.165, 1.54) is 0 Å². The van der Waals surface area contributed by atoms with Crippen LogP contribution in [0.15, 0.2) is 4.99 Å². The number of carbonyl (C=O) groups excluding carboxylic acids is 1. The SMILES string of the molecule is CN=C(NCCCCC(C)C)NCC(=O)N(C)CC(F)(F)F.I. The molecule has 0 bridgehead atoms. The van der Waals surface area contributed by atoms with Gasteiger partial charge in [-0.1, -0.05) is 26.7 Å². The maximum absolute atomic E-state index is 12.2. The maximum atomic E-state index is 12.2. The highest BCUT2D eigenvalue weighted by Crippen LogP contribution is 2.15. The minimum Gasteiger partial charge on any atom is -0.356 e. The summed E-state index contributed by atoms with van der Waals surface area (Å²) in [6, 6.07) is 0. The van der Waals surface area contributed by atoms with Crippen LogP contribution in [0.1, 0.15) is 33.1 Å². The summed E-state index contributed by atoms with van der Waals surface area (Å²) >= 11 is 0. The summed E-state index contributed by atoms with van der Waals surface area (Å²) < 4.78 is 36.5. The first-order valence-electron chi connectivity index (χ1n) is 7.41. The maximum Gasteiger partial charge on any atom is 0.406 e. The van der Waals surface area contributed by atoms with Gasteiger partial charge in [-0.15, -0.1) is 24.0 Å². The van der Waals surface area contributed by atoms with Crippen LogP contribution in [0.25, 0.3) is 0 Å². The molecule has 9 heteroatoms. The molecule has 5 nitrogen and oxygen atoms in total. The Hall–Kier alpha value is -0.740. The minimum absolute atomic E-state index is 0. The fourth-order valence-corrected chi connectivity index (χ4v) is 1.76. The lowest BCUT2D eigenvalue weighted by Crippen LogP contribution is -2.45. The van der Waals surface area contributed by atoms with Gasteiger partial charge in [0.1, 0.15) is 6.54 Å². The Morgan fingerprint density at radius 3 is 2.30 bits per heavy atom. The number of nitrogens with zero attached hydrogens (tertiary/aromatic N) is 2. The summed E-state index contributed by atoms with van der Waals surface area (Å²) in [5, 5.41) is 5.75. The average Bonchev–Trinajstić information content (AvgIpc) is 2.39. The van der Waals surface area contributed by atoms with Crippen LogP contribution in [-0.2, 0) is 4.79 Å². The number of likely N-dealkylation sites (N-methyl/N-ethyl adjacent to an activating group) is 1. The normalized spacial score (nSPS) is 11.9. The van der Waals surface area contributed by atoms with Gasteiger partial charge in [0.25, 0.3) is 0 Å². The number of guanidine groups is 1. The van der Waals surface area contributed by atoms with Gasteiger partial charge in [-0.05, 0) is 12.3 Å². The Kier molecular flexibility index (Phi) is 13.5. The molecular formula is C14H28F3IN4O. The van der Waals surface area contributed by atoms with Crippen LogP contribution in [0, 0.1) is 5.92 Å². The second-order valence-corrected chi connectivity index (χ2v) is 5.61. The molecule has 0 heterocycles. The standard InChI is InChI=1S/C14H27F3N4O.HI/c1-11(2)7-5-6-8-19-13(18-3)20-9-12(22)21(4)10-14(15,16)17;/h11H,5-10H2,1-4H3,(H2,18,19,20);1H. The number of carbonyl (C=O) groups is 1. The molecule has 0 aliphatic carbocycles. The van der Waals surface area contributed by atoms with E-state index in [9.17, 15) is 18.0 Å². The number of hydrogen-bond acceptors (Lipinski definition) is 2. The Bertz CT molecular complexity index is 362. The molecule has 0 aliphatic heterocycles. The molecule has 23 heavy (non-hydrogen) atoms. The largest absolute Gasteiger partial charge is 0.406 e. The molecule has 0 aromatic carbocycles. The van der Waals surface area contributed by atoms with Crippen molar-refractivity contribution in [3.8, 4) is 0 Å². The predicted molar refractivity (Wildman–Crippen MR) is 97.2 cm³/mol. The monoisotopic (exact) mass is 452 g/mol. The lowest BCUT2D eigenvalue weighted by molar-refractivity contribution is -0.157. The fraction of sp³-hybridized carbons (Fsp3) is 0.857. The first-order valence-corrected chi connectivity index (χ1v) is 7.41. The fourth-order valence-electron chi connectivity index (χ4n) is 1.76. The highest BCUT2D eigenvalue weighted by Gasteiger charge is 2.31. The van der Waals surface area contributed by atoms with E-state index in [-0.39, 0.29) is 30.5 Å². The second kappa shape index (κ2) is 12.7. The van der Waals surface area contributed by atoms with E-state index in [1.54, 1.807) is 7.05 Å². The van der Waals surface area contributed by atoms with Gasteiger partial charge >= 0.3 is 6.18 Å². The van der Waals surface area contributed by atoms with Gasteiger partial charge in [-0.3, -0.25) is 9.79 Å². The predicted octanol–water partition coefficient (Wildman–Crippen LogP) is 2.62. The van der Waals surface area contributed by atoms with Gasteiger partial charge in [0, 0.05) is 20.6 Å². The molecular weight excluding hydrogens is 424 g/mol. The lowest BCUT2D eigenvalue weighted by atomic mass is 10.1. The smallest absolute Gasteiger partial charge is 0.356 e. The number of halogens is 4. The molecule has 0 aromatic rings. The van der Waals surface area contributed by atoms with Gasteiger partial charge in [0.05, 0.1) is 6.54 Å². The first-order chi connectivity index (χ1) is 10.2. The van der Waals surface area contributed by atoms with Crippen molar-refractivity contribution in [2.45, 2.75) is 39.3 Å². The van der Waals surface area contributed by atoms with Crippen LogP contribution in [0.2, 0.25) is 0 Å². The summed E-state index contributed by atoms with van der Waals surface area (Å²) in [6.07, 6.45) is -1.18. The number of hydrogen-bond donors (Lipinski definition) is 2. The topological polar surface area (TPSA) is 56.7 Å². The number of amides is 1. The number of aliphatic imine (C=N–C) groups is 1. The summed E-state index contributed by atoms with van der Waals surface area (Å²) in [5.74, 6) is 0.442. The molecule has 2 N–H and O–H groups in total. The highest BCUT2D eigenvalue weighted by atomic mass is 127. The van der Waals surface area contributed by atoms with Crippen LogP contribution in [-0.4, -0.2) is 56.7 Å². The summed E-state index contributed by atoms with van der Waals surface area (Å²) in [7, 11) is 2.67. The molecule has 0 spiro atoms. The van der Waals surface area contributed by atoms with E-state index >= 15 is 0 Å². The summed E-state index contributed by atoms with van der Waals surface area (Å²) in [6.45, 7) is 3.56. The van der Waals surface area contributed by atoms with E-state index in [4.69, 9.17) is 0 Å². The van der Waals surface area contributed by atoms with Crippen molar-refractivity contribution in [2.24, 2.45) is 10.9 Å². The third-order valence-electron chi connectivity index (χ3n) is 2.97. The number of unbranched alkanes of at least 4 members (excludes halogenated alkanes) is 1. The van der Waals surface area contributed by atoms with Crippen LogP contribution >= 0.6 is 24.0 Å². The molecule has 0 atom stereocenters. The Morgan fingerprint density at radius 1 is 1.22 bits per heavy atom. The number of rotatable bonds is 8. The Labute approximate surface area is 153 Å². The van der Waals surface area contributed by atoms with Crippen LogP contribution in [0.3, 0.4) is 0 Å². The molecule has 0 saturated carbocycles. The number of alkyl halides is 3. The van der Waals surface area contributed by atoms with Gasteiger partial charge in [0.15, 0.2) is 5.96 Å². The minimum atomic E-state index is -4.39. The highest BCUT2D eigenvalue weighted by molar-refractivity contribution is 14.0. The molecule has 1 amide bonds. The van der Waals surface area contributed by atoms with E-state index in [1.807, 2.05) is 0 Å². The zero-order valence-electron chi connectivity index (χ0n) is 14.2. The zero-order chi connectivity index (χ0) is 17.2. The van der Waals surface area contributed by atoms with Crippen molar-refractivity contribution < 1.29 is 18.0 Å². The van der Waals surface area contributed by atoms with Gasteiger partial charge < -0.3 is 15.5 Å². The molecule has 0 radical (unpaired) electrons. The average molecular weight is 452 g/mol. The summed E-state index contributed by atoms with van der Waals surface area (Å²) in [4.78, 5) is 16.1. The van der Waals surface area contributed by atoms with Gasteiger partial charge in [-0.2, -0.15) is 13.2 Å². The van der Waals surface area contributed by atoms with Crippen molar-refractivity contribution in [3.05, 3.63) is 0 Å². The summed E-state index contributed by atoms with van der Waals surface area (Å²) in [5.41, 5.74) is 0. The van der Waals surface area contributed by atoms with Gasteiger partial charge in [0.2, 0.25) is 5.91 Å². The van der Waals surface area contributed by atoms with Crippen LogP contribution < -0.4 is 10.6 Å². The van der Waals surface area contributed by atoms with Crippen LogP contribution in [0.4, 0.5) is 13.2 Å². The molecule has 0 aliphatic rings. The molecule has 0 unspecified atom stereocenters. The van der Waals surface area contributed by atoms with E-state index in [2.05, 4.69) is 29.5 Å². The third kappa shape index (κ3) is 14.6. The lowest BCUT2D eigenvalue weighted by Gasteiger charge is -2.20. The molecule has 0 fully saturated rings. The van der Waals surface area contributed by atoms with Crippen molar-refractivity contribution in [1.29, 1.82) is 0 Å². The third-order valence-corrected chi connectivity index (χ3v) is 2.97. The van der Waals surface area contributed by atoms with Crippen molar-refractivity contribution in [3.63, 3.8) is 0 Å². The molecule has 0 aromatic heterocycles. The van der Waals surface area contributed by atoms with E-state index < -0.39 is 18.6 Å². The Morgan fingerprint density at radius 2 is 1.83 bits per heavy atom. The quantitative estimate of drug-likeness (QED) is 0.258. The number of nitrogens with one attached hydrogen (secondary N) is 2. The Balaban J connectivity index is 0. The zero-order valence-corrected chi connectivity index (χ0v) is 16.5. The molecule has 0 rings (SSSR count). The molecule has 138 valence electrons. The second-order valence-electron chi connectivity index (χ2n) is 5.61. The van der Waals surface area contributed by atoms with Crippen molar-refractivity contribution in [1.82, 2.24) is 15.5 Å². The first kappa shape index (κ1) is 24.5. The van der Waals surface area contributed by atoms with Gasteiger partial charge in [-0.25, -0.2) is 0 Å². The molecule has 0 saturated heterocycles. The van der Waals surface area contributed by atoms with E-state index in [0.29, 0.717) is 23.3 Å². The van der Waals surface area contributed by atoms with Crippen molar-refractivity contribution in [2.75, 3.05) is 33.7 Å².